The van der Waals surface area contributed by atoms with Crippen LogP contribution in [0.2, 0.25) is 0 Å². The van der Waals surface area contributed by atoms with Crippen molar-refractivity contribution in [2.75, 3.05) is 4.90 Å². The Labute approximate surface area is 249 Å². The molecule has 1 nitrogen and oxygen atoms in total. The van der Waals surface area contributed by atoms with E-state index in [0.717, 1.165) is 11.4 Å². The van der Waals surface area contributed by atoms with E-state index in [1.807, 2.05) is 11.3 Å². The van der Waals surface area contributed by atoms with Gasteiger partial charge in [0.1, 0.15) is 0 Å². The molecule has 0 aliphatic rings. The molecule has 1 aromatic heterocycles. The van der Waals surface area contributed by atoms with Crippen molar-refractivity contribution >= 4 is 59.3 Å². The quantitative estimate of drug-likeness (QED) is 0.205. The van der Waals surface area contributed by atoms with Gasteiger partial charge < -0.3 is 4.90 Å². The zero-order valence-corrected chi connectivity index (χ0v) is 23.8. The van der Waals surface area contributed by atoms with Crippen molar-refractivity contribution in [1.29, 1.82) is 0 Å². The molecule has 0 aliphatic carbocycles. The molecule has 0 saturated carbocycles. The van der Waals surface area contributed by atoms with Crippen molar-refractivity contribution in [3.05, 3.63) is 164 Å². The molecule has 7 aromatic carbocycles. The molecular weight excluding hydrogens is 527 g/mol. The van der Waals surface area contributed by atoms with Gasteiger partial charge in [-0.2, -0.15) is 0 Å². The van der Waals surface area contributed by atoms with Crippen molar-refractivity contribution in [3.8, 4) is 22.3 Å². The van der Waals surface area contributed by atoms with E-state index < -0.39 is 0 Å². The number of hydrogen-bond donors (Lipinski definition) is 0. The third-order valence-electron chi connectivity index (χ3n) is 8.06. The lowest BCUT2D eigenvalue weighted by Gasteiger charge is -2.28. The molecular formula is C40H27NS. The molecule has 0 radical (unpaired) electrons. The van der Waals surface area contributed by atoms with Crippen molar-refractivity contribution in [1.82, 2.24) is 0 Å². The maximum absolute atomic E-state index is 2.41. The summed E-state index contributed by atoms with van der Waals surface area (Å²) in [6, 6.07) is 59.2. The number of para-hydroxylation sites is 1. The van der Waals surface area contributed by atoms with E-state index in [2.05, 4.69) is 169 Å². The first-order valence-corrected chi connectivity index (χ1v) is 15.1. The molecule has 0 amide bonds. The molecule has 42 heavy (non-hydrogen) atoms. The molecule has 2 heteroatoms. The van der Waals surface area contributed by atoms with Crippen molar-refractivity contribution in [2.24, 2.45) is 0 Å². The molecule has 8 rings (SSSR count). The number of rotatable bonds is 5. The molecule has 0 atom stereocenters. The van der Waals surface area contributed by atoms with Crippen LogP contribution in [0.1, 0.15) is 0 Å². The highest BCUT2D eigenvalue weighted by molar-refractivity contribution is 7.25. The van der Waals surface area contributed by atoms with Crippen LogP contribution in [0.5, 0.6) is 0 Å². The Balaban J connectivity index is 1.33. The fraction of sp³-hybridized carbons (Fsp3) is 0. The van der Waals surface area contributed by atoms with Crippen molar-refractivity contribution in [3.63, 3.8) is 0 Å². The van der Waals surface area contributed by atoms with Crippen LogP contribution in [0, 0.1) is 0 Å². The van der Waals surface area contributed by atoms with E-state index in [0.29, 0.717) is 0 Å². The van der Waals surface area contributed by atoms with Crippen molar-refractivity contribution < 1.29 is 0 Å². The van der Waals surface area contributed by atoms with Gasteiger partial charge in [-0.1, -0.05) is 127 Å². The second-order valence-electron chi connectivity index (χ2n) is 10.6. The topological polar surface area (TPSA) is 3.24 Å². The number of nitrogens with zero attached hydrogens (tertiary/aromatic N) is 1. The van der Waals surface area contributed by atoms with Crippen LogP contribution in [-0.4, -0.2) is 0 Å². The molecule has 1 heterocycles. The molecule has 0 aliphatic heterocycles. The predicted octanol–water partition coefficient (Wildman–Crippen LogP) is 12.0. The van der Waals surface area contributed by atoms with Crippen LogP contribution in [0.15, 0.2) is 164 Å². The summed E-state index contributed by atoms with van der Waals surface area (Å²) in [6.07, 6.45) is 0. The summed E-state index contributed by atoms with van der Waals surface area (Å²) < 4.78 is 2.62. The minimum atomic E-state index is 1.14. The summed E-state index contributed by atoms with van der Waals surface area (Å²) in [6.45, 7) is 0. The minimum Gasteiger partial charge on any atom is -0.310 e. The van der Waals surface area contributed by atoms with E-state index in [4.69, 9.17) is 0 Å². The third-order valence-corrected chi connectivity index (χ3v) is 9.20. The third kappa shape index (κ3) is 4.25. The van der Waals surface area contributed by atoms with Gasteiger partial charge >= 0.3 is 0 Å². The number of fused-ring (bicyclic) bond motifs is 4. The average molecular weight is 554 g/mol. The van der Waals surface area contributed by atoms with Gasteiger partial charge in [-0.05, 0) is 64.0 Å². The van der Waals surface area contributed by atoms with Gasteiger partial charge in [-0.15, -0.1) is 11.3 Å². The van der Waals surface area contributed by atoms with Gasteiger partial charge in [0.25, 0.3) is 0 Å². The first-order valence-electron chi connectivity index (χ1n) is 14.3. The number of benzene rings is 7. The monoisotopic (exact) mass is 553 g/mol. The number of anilines is 3. The van der Waals surface area contributed by atoms with E-state index in [1.54, 1.807) is 0 Å². The normalized spacial score (nSPS) is 11.3. The second-order valence-corrected chi connectivity index (χ2v) is 11.7. The highest BCUT2D eigenvalue weighted by atomic mass is 32.1. The standard InChI is InChI=1S/C40H27NS/c1-3-11-28(12-4-1)29-21-23-30(24-22-29)34-18-9-13-31-14-10-19-37(40(31)34)41(32-15-5-2-6-16-32)33-25-26-36-35-17-7-8-20-38(35)42-39(36)27-33/h1-27H. The summed E-state index contributed by atoms with van der Waals surface area (Å²) in [5.41, 5.74) is 8.35. The Morgan fingerprint density at radius 3 is 1.86 bits per heavy atom. The van der Waals surface area contributed by atoms with E-state index >= 15 is 0 Å². The Bertz CT molecular complexity index is 2170. The van der Waals surface area contributed by atoms with Crippen LogP contribution in [0.4, 0.5) is 17.1 Å². The summed E-state index contributed by atoms with van der Waals surface area (Å²) in [4.78, 5) is 2.41. The van der Waals surface area contributed by atoms with Crippen LogP contribution in [0.25, 0.3) is 53.2 Å². The Morgan fingerprint density at radius 2 is 1.05 bits per heavy atom. The molecule has 0 N–H and O–H groups in total. The lowest BCUT2D eigenvalue weighted by atomic mass is 9.94. The Hall–Kier alpha value is -5.18. The molecule has 198 valence electrons. The first-order chi connectivity index (χ1) is 20.8. The summed E-state index contributed by atoms with van der Waals surface area (Å²) in [5.74, 6) is 0. The second kappa shape index (κ2) is 10.3. The van der Waals surface area contributed by atoms with Gasteiger partial charge in [0, 0.05) is 36.9 Å². The Kier molecular flexibility index (Phi) is 6.05. The molecule has 0 fully saturated rings. The summed E-state index contributed by atoms with van der Waals surface area (Å²) in [5, 5.41) is 5.10. The van der Waals surface area contributed by atoms with Gasteiger partial charge in [0.05, 0.1) is 5.69 Å². The molecule has 0 bridgehead atoms. The zero-order valence-electron chi connectivity index (χ0n) is 22.9. The smallest absolute Gasteiger partial charge is 0.0546 e. The zero-order chi connectivity index (χ0) is 27.9. The maximum atomic E-state index is 2.41. The average Bonchev–Trinajstić information content (AvgIpc) is 3.44. The van der Waals surface area contributed by atoms with Gasteiger partial charge in [0.2, 0.25) is 0 Å². The molecule has 8 aromatic rings. The summed E-state index contributed by atoms with van der Waals surface area (Å²) in [7, 11) is 0. The lowest BCUT2D eigenvalue weighted by Crippen LogP contribution is -2.10. The number of hydrogen-bond acceptors (Lipinski definition) is 2. The van der Waals surface area contributed by atoms with E-state index in [-0.39, 0.29) is 0 Å². The summed E-state index contributed by atoms with van der Waals surface area (Å²) >= 11 is 1.86. The molecule has 0 saturated heterocycles. The lowest BCUT2D eigenvalue weighted by molar-refractivity contribution is 1.30. The highest BCUT2D eigenvalue weighted by Crippen LogP contribution is 2.44. The van der Waals surface area contributed by atoms with E-state index in [1.165, 1.54) is 58.9 Å². The highest BCUT2D eigenvalue weighted by Gasteiger charge is 2.19. The number of thiophene rings is 1. The SMILES string of the molecule is c1ccc(-c2ccc(-c3cccc4cccc(N(c5ccccc5)c5ccc6c(c5)sc5ccccc56)c34)cc2)cc1. The maximum Gasteiger partial charge on any atom is 0.0546 e. The first kappa shape index (κ1) is 24.6. The largest absolute Gasteiger partial charge is 0.310 e. The van der Waals surface area contributed by atoms with Gasteiger partial charge in [-0.3, -0.25) is 0 Å². The fourth-order valence-electron chi connectivity index (χ4n) is 6.08. The van der Waals surface area contributed by atoms with Gasteiger partial charge in [0.15, 0.2) is 0 Å². The van der Waals surface area contributed by atoms with Crippen LogP contribution >= 0.6 is 11.3 Å². The molecule has 0 unspecified atom stereocenters. The fourth-order valence-corrected chi connectivity index (χ4v) is 7.22. The van der Waals surface area contributed by atoms with Crippen LogP contribution in [-0.2, 0) is 0 Å². The van der Waals surface area contributed by atoms with Gasteiger partial charge in [-0.25, -0.2) is 0 Å². The Morgan fingerprint density at radius 1 is 0.405 bits per heavy atom. The minimum absolute atomic E-state index is 1.14. The molecule has 0 spiro atoms. The van der Waals surface area contributed by atoms with Crippen LogP contribution < -0.4 is 4.90 Å². The van der Waals surface area contributed by atoms with Crippen LogP contribution in [0.3, 0.4) is 0 Å². The van der Waals surface area contributed by atoms with Crippen molar-refractivity contribution in [2.45, 2.75) is 0 Å². The van der Waals surface area contributed by atoms with E-state index in [9.17, 15) is 0 Å². The predicted molar refractivity (Wildman–Crippen MR) is 182 cm³/mol.